The van der Waals surface area contributed by atoms with Crippen molar-refractivity contribution in [3.05, 3.63) is 74.8 Å². The molecule has 0 amide bonds. The Balaban J connectivity index is 0.00000205. The molecule has 4 aromatic rings. The molecule has 148 valence electrons. The summed E-state index contributed by atoms with van der Waals surface area (Å²) in [6.45, 7) is 0. The zero-order valence-electron chi connectivity index (χ0n) is 15.3. The molecule has 1 aliphatic rings. The van der Waals surface area contributed by atoms with Gasteiger partial charge in [-0.25, -0.2) is 9.37 Å². The van der Waals surface area contributed by atoms with Crippen LogP contribution in [0.15, 0.2) is 48.5 Å². The molecule has 0 atom stereocenters. The highest BCUT2D eigenvalue weighted by molar-refractivity contribution is 7.19. The zero-order valence-corrected chi connectivity index (χ0v) is 18.5. The number of nitrogens with zero attached hydrogens (tertiary/aromatic N) is 1. The molecule has 2 heterocycles. The Labute approximate surface area is 188 Å². The fourth-order valence-electron chi connectivity index (χ4n) is 3.96. The van der Waals surface area contributed by atoms with E-state index >= 15 is 0 Å². The molecule has 0 N–H and O–H groups in total. The smallest absolute Gasteiger partial charge is 0.142 e. The Bertz CT molecular complexity index is 1200. The minimum Gasteiger partial charge on any atom is -0.237 e. The first kappa shape index (κ1) is 20.6. The number of pyridine rings is 1. The highest BCUT2D eigenvalue weighted by Crippen LogP contribution is 2.43. The third-order valence-electron chi connectivity index (χ3n) is 5.30. The third kappa shape index (κ3) is 3.66. The van der Waals surface area contributed by atoms with Crippen LogP contribution in [0.2, 0.25) is 10.0 Å². The fourth-order valence-corrected chi connectivity index (χ4v) is 5.73. The van der Waals surface area contributed by atoms with E-state index in [1.165, 1.54) is 40.8 Å². The van der Waals surface area contributed by atoms with Crippen LogP contribution < -0.4 is 0 Å². The molecule has 1 aliphatic carbocycles. The van der Waals surface area contributed by atoms with Gasteiger partial charge in [0.2, 0.25) is 0 Å². The average Bonchev–Trinajstić information content (AvgIpc) is 3.09. The molecular weight excluding hydrogens is 448 g/mol. The highest BCUT2D eigenvalue weighted by atomic mass is 35.5. The number of fused-ring (bicyclic) bond motifs is 3. The lowest BCUT2D eigenvalue weighted by atomic mass is 9.92. The molecule has 0 fully saturated rings. The van der Waals surface area contributed by atoms with E-state index in [9.17, 15) is 4.39 Å². The second kappa shape index (κ2) is 8.23. The van der Waals surface area contributed by atoms with E-state index in [2.05, 4.69) is 12.1 Å². The molecule has 2 aromatic carbocycles. The lowest BCUT2D eigenvalue weighted by Gasteiger charge is -2.14. The van der Waals surface area contributed by atoms with Crippen molar-refractivity contribution in [3.63, 3.8) is 0 Å². The van der Waals surface area contributed by atoms with E-state index in [1.54, 1.807) is 11.3 Å². The van der Waals surface area contributed by atoms with Gasteiger partial charge in [-0.05, 0) is 60.6 Å². The van der Waals surface area contributed by atoms with Crippen LogP contribution in [0, 0.1) is 5.82 Å². The lowest BCUT2D eigenvalue weighted by Crippen LogP contribution is -1.99. The first-order valence-corrected chi connectivity index (χ1v) is 10.8. The number of aryl methyl sites for hydroxylation is 2. The van der Waals surface area contributed by atoms with Gasteiger partial charge >= 0.3 is 0 Å². The van der Waals surface area contributed by atoms with E-state index in [1.807, 2.05) is 24.3 Å². The number of benzene rings is 2. The maximum Gasteiger partial charge on any atom is 0.142 e. The van der Waals surface area contributed by atoms with Gasteiger partial charge in [0.05, 0.1) is 15.7 Å². The van der Waals surface area contributed by atoms with Crippen LogP contribution in [-0.4, -0.2) is 4.98 Å². The molecule has 6 heteroatoms. The second-order valence-electron chi connectivity index (χ2n) is 7.06. The molecule has 29 heavy (non-hydrogen) atoms. The maximum atomic E-state index is 14.2. The van der Waals surface area contributed by atoms with E-state index in [0.29, 0.717) is 16.3 Å². The minimum atomic E-state index is -0.491. The molecule has 0 aliphatic heterocycles. The Morgan fingerprint density at radius 2 is 1.66 bits per heavy atom. The number of hydrogen-bond donors (Lipinski definition) is 0. The predicted octanol–water partition coefficient (Wildman–Crippen LogP) is 8.38. The standard InChI is InChI=1S/C23H16Cl2FNS.ClH/c24-17-12-18(25)19(26)10-16(17)20-11-15(13-6-2-1-3-7-13)22-14-8-4-5-9-21(14)28-23(22)27-20;/h1-3,6-7,10-12H,4-5,8-9H2;1H. The van der Waals surface area contributed by atoms with Gasteiger partial charge in [0.25, 0.3) is 0 Å². The normalized spacial score (nSPS) is 13.2. The van der Waals surface area contributed by atoms with Crippen LogP contribution in [-0.2, 0) is 12.8 Å². The van der Waals surface area contributed by atoms with Crippen LogP contribution in [0.5, 0.6) is 0 Å². The van der Waals surface area contributed by atoms with Crippen molar-refractivity contribution in [3.8, 4) is 22.4 Å². The summed E-state index contributed by atoms with van der Waals surface area (Å²) in [5.41, 5.74) is 4.93. The molecule has 0 unspecified atom stereocenters. The number of thiophene rings is 1. The van der Waals surface area contributed by atoms with Gasteiger partial charge in [-0.2, -0.15) is 0 Å². The quantitative estimate of drug-likeness (QED) is 0.271. The molecule has 1 nitrogen and oxygen atoms in total. The van der Waals surface area contributed by atoms with Crippen LogP contribution in [0.3, 0.4) is 0 Å². The van der Waals surface area contributed by atoms with E-state index in [0.717, 1.165) is 28.8 Å². The zero-order chi connectivity index (χ0) is 19.3. The van der Waals surface area contributed by atoms with Crippen molar-refractivity contribution < 1.29 is 4.39 Å². The lowest BCUT2D eigenvalue weighted by molar-refractivity contribution is 0.628. The van der Waals surface area contributed by atoms with Gasteiger partial charge in [0.1, 0.15) is 10.6 Å². The SMILES string of the molecule is Cl.Fc1cc(-c2cc(-c3ccccc3)c3c4c(sc3n2)CCCC4)c(Cl)cc1Cl. The third-order valence-corrected chi connectivity index (χ3v) is 7.08. The summed E-state index contributed by atoms with van der Waals surface area (Å²) in [6, 6.07) is 15.2. The number of rotatable bonds is 2. The number of halogens is 4. The van der Waals surface area contributed by atoms with Gasteiger partial charge in [-0.15, -0.1) is 23.7 Å². The van der Waals surface area contributed by atoms with Crippen LogP contribution >= 0.6 is 46.9 Å². The monoisotopic (exact) mass is 463 g/mol. The van der Waals surface area contributed by atoms with Crippen molar-refractivity contribution in [1.29, 1.82) is 0 Å². The van der Waals surface area contributed by atoms with Crippen molar-refractivity contribution in [2.45, 2.75) is 25.7 Å². The highest BCUT2D eigenvalue weighted by Gasteiger charge is 2.22. The van der Waals surface area contributed by atoms with Crippen LogP contribution in [0.4, 0.5) is 4.39 Å². The van der Waals surface area contributed by atoms with Crippen LogP contribution in [0.25, 0.3) is 32.6 Å². The van der Waals surface area contributed by atoms with Crippen LogP contribution in [0.1, 0.15) is 23.3 Å². The number of aromatic nitrogens is 1. The molecule has 0 radical (unpaired) electrons. The summed E-state index contributed by atoms with van der Waals surface area (Å²) in [4.78, 5) is 7.31. The Morgan fingerprint density at radius 1 is 0.897 bits per heavy atom. The first-order chi connectivity index (χ1) is 13.6. The molecule has 0 spiro atoms. The Kier molecular flexibility index (Phi) is 5.85. The van der Waals surface area contributed by atoms with Gasteiger partial charge in [-0.1, -0.05) is 53.5 Å². The van der Waals surface area contributed by atoms with E-state index < -0.39 is 5.82 Å². The minimum absolute atomic E-state index is 0. The van der Waals surface area contributed by atoms with Crippen molar-refractivity contribution in [2.75, 3.05) is 0 Å². The molecule has 0 bridgehead atoms. The van der Waals surface area contributed by atoms with Gasteiger partial charge in [-0.3, -0.25) is 0 Å². The molecule has 0 saturated heterocycles. The second-order valence-corrected chi connectivity index (χ2v) is 8.96. The largest absolute Gasteiger partial charge is 0.237 e. The summed E-state index contributed by atoms with van der Waals surface area (Å²) in [7, 11) is 0. The topological polar surface area (TPSA) is 12.9 Å². The van der Waals surface area contributed by atoms with Crippen molar-refractivity contribution in [2.24, 2.45) is 0 Å². The van der Waals surface area contributed by atoms with Gasteiger partial charge in [0.15, 0.2) is 0 Å². The molecule has 5 rings (SSSR count). The summed E-state index contributed by atoms with van der Waals surface area (Å²) in [5, 5.41) is 1.66. The Hall–Kier alpha value is -1.65. The van der Waals surface area contributed by atoms with Crippen molar-refractivity contribution >= 4 is 57.2 Å². The van der Waals surface area contributed by atoms with E-state index in [4.69, 9.17) is 28.2 Å². The summed E-state index contributed by atoms with van der Waals surface area (Å²) in [6.07, 6.45) is 4.63. The van der Waals surface area contributed by atoms with Crippen molar-refractivity contribution in [1.82, 2.24) is 4.98 Å². The van der Waals surface area contributed by atoms with E-state index in [-0.39, 0.29) is 17.4 Å². The molecule has 2 aromatic heterocycles. The number of hydrogen-bond acceptors (Lipinski definition) is 2. The first-order valence-electron chi connectivity index (χ1n) is 9.27. The summed E-state index contributed by atoms with van der Waals surface area (Å²) >= 11 is 14.0. The predicted molar refractivity (Wildman–Crippen MR) is 124 cm³/mol. The molecular formula is C23H17Cl3FNS. The maximum absolute atomic E-state index is 14.2. The van der Waals surface area contributed by atoms with Gasteiger partial charge < -0.3 is 0 Å². The molecule has 0 saturated carbocycles. The average molecular weight is 465 g/mol. The van der Waals surface area contributed by atoms with Gasteiger partial charge in [0, 0.05) is 15.8 Å². The fraction of sp³-hybridized carbons (Fsp3) is 0.174. The summed E-state index contributed by atoms with van der Waals surface area (Å²) in [5.74, 6) is -0.491. The Morgan fingerprint density at radius 3 is 2.45 bits per heavy atom. The summed E-state index contributed by atoms with van der Waals surface area (Å²) < 4.78 is 14.2.